The van der Waals surface area contributed by atoms with Crippen LogP contribution in [0, 0.1) is 0 Å². The van der Waals surface area contributed by atoms with Crippen LogP contribution in [0.4, 0.5) is 5.13 Å². The number of para-hydroxylation sites is 1. The highest BCUT2D eigenvalue weighted by Gasteiger charge is 2.11. The summed E-state index contributed by atoms with van der Waals surface area (Å²) in [5, 5.41) is 4.48. The predicted octanol–water partition coefficient (Wildman–Crippen LogP) is 3.28. The molecule has 0 bridgehead atoms. The molecule has 29 heavy (non-hydrogen) atoms. The van der Waals surface area contributed by atoms with Gasteiger partial charge in [0.1, 0.15) is 5.75 Å². The number of carbonyl (C=O) groups is 1. The van der Waals surface area contributed by atoms with Gasteiger partial charge in [-0.05, 0) is 30.3 Å². The zero-order chi connectivity index (χ0) is 20.2. The zero-order valence-electron chi connectivity index (χ0n) is 15.8. The first-order valence-corrected chi connectivity index (χ1v) is 9.86. The van der Waals surface area contributed by atoms with Crippen LogP contribution in [-0.4, -0.2) is 35.8 Å². The molecule has 4 aromatic rings. The van der Waals surface area contributed by atoms with Gasteiger partial charge in [-0.2, -0.15) is 0 Å². The lowest BCUT2D eigenvalue weighted by Crippen LogP contribution is -2.22. The fourth-order valence-electron chi connectivity index (χ4n) is 3.01. The maximum absolute atomic E-state index is 12.6. The van der Waals surface area contributed by atoms with Crippen molar-refractivity contribution in [1.82, 2.24) is 9.55 Å². The summed E-state index contributed by atoms with van der Waals surface area (Å²) < 4.78 is 13.3. The number of pyridine rings is 1. The first-order chi connectivity index (χ1) is 14.2. The fourth-order valence-corrected chi connectivity index (χ4v) is 3.89. The minimum absolute atomic E-state index is 0.121. The van der Waals surface area contributed by atoms with Crippen LogP contribution in [0.5, 0.6) is 5.75 Å². The molecule has 2 aromatic heterocycles. The van der Waals surface area contributed by atoms with Gasteiger partial charge >= 0.3 is 0 Å². The van der Waals surface area contributed by atoms with Crippen molar-refractivity contribution in [2.45, 2.75) is 6.54 Å². The number of carbonyl (C=O) groups excluding carboxylic acids is 1. The van der Waals surface area contributed by atoms with Crippen molar-refractivity contribution in [2.24, 2.45) is 0 Å². The van der Waals surface area contributed by atoms with Crippen molar-refractivity contribution in [2.75, 3.05) is 25.6 Å². The molecule has 0 saturated heterocycles. The Balaban J connectivity index is 1.48. The molecule has 148 valence electrons. The smallest absolute Gasteiger partial charge is 0.264 e. The van der Waals surface area contributed by atoms with Crippen molar-refractivity contribution in [1.29, 1.82) is 0 Å². The highest BCUT2D eigenvalue weighted by atomic mass is 32.1. The molecule has 0 fully saturated rings. The van der Waals surface area contributed by atoms with Gasteiger partial charge < -0.3 is 14.0 Å². The lowest BCUT2D eigenvalue weighted by atomic mass is 10.1. The average molecular weight is 409 g/mol. The molecule has 0 aliphatic heterocycles. The third-order valence-electron chi connectivity index (χ3n) is 4.41. The monoisotopic (exact) mass is 409 g/mol. The van der Waals surface area contributed by atoms with Crippen LogP contribution in [0.15, 0.2) is 59.5 Å². The van der Waals surface area contributed by atoms with Crippen LogP contribution in [0.2, 0.25) is 0 Å². The molecular weight excluding hydrogens is 390 g/mol. The first kappa shape index (κ1) is 19.1. The standard InChI is InChI=1S/C21H19N3O4S/c1-27-12-11-24-10-9-14-15(20(24)26)5-4-7-17(14)28-13-19(25)23-21-22-16-6-2-3-8-18(16)29-21/h2-10H,11-13H2,1H3,(H,22,23,25). The van der Waals surface area contributed by atoms with Crippen molar-refractivity contribution in [3.63, 3.8) is 0 Å². The normalized spacial score (nSPS) is 11.1. The van der Waals surface area contributed by atoms with E-state index in [-0.39, 0.29) is 18.1 Å². The molecule has 0 aliphatic carbocycles. The minimum atomic E-state index is -0.311. The molecule has 2 heterocycles. The van der Waals surface area contributed by atoms with E-state index in [1.807, 2.05) is 30.3 Å². The number of amides is 1. The number of anilines is 1. The molecule has 0 unspecified atom stereocenters. The summed E-state index contributed by atoms with van der Waals surface area (Å²) in [5.41, 5.74) is 0.719. The van der Waals surface area contributed by atoms with Crippen molar-refractivity contribution in [3.8, 4) is 5.75 Å². The minimum Gasteiger partial charge on any atom is -0.483 e. The van der Waals surface area contributed by atoms with E-state index in [0.717, 1.165) is 10.2 Å². The first-order valence-electron chi connectivity index (χ1n) is 9.05. The maximum Gasteiger partial charge on any atom is 0.264 e. The SMILES string of the molecule is COCCn1ccc2c(OCC(=O)Nc3nc4ccccc4s3)cccc2c1=O. The summed E-state index contributed by atoms with van der Waals surface area (Å²) in [6.45, 7) is 0.746. The summed E-state index contributed by atoms with van der Waals surface area (Å²) in [6.07, 6.45) is 1.71. The van der Waals surface area contributed by atoms with E-state index in [0.29, 0.717) is 34.8 Å². The Morgan fingerprint density at radius 3 is 2.83 bits per heavy atom. The van der Waals surface area contributed by atoms with Gasteiger partial charge in [0.05, 0.1) is 22.2 Å². The van der Waals surface area contributed by atoms with Crippen LogP contribution in [-0.2, 0) is 16.1 Å². The highest BCUT2D eigenvalue weighted by molar-refractivity contribution is 7.22. The van der Waals surface area contributed by atoms with Crippen molar-refractivity contribution >= 4 is 43.4 Å². The number of rotatable bonds is 7. The molecule has 4 rings (SSSR count). The number of benzene rings is 2. The summed E-state index contributed by atoms with van der Waals surface area (Å²) in [6, 6.07) is 14.7. The maximum atomic E-state index is 12.6. The number of nitrogens with one attached hydrogen (secondary N) is 1. The summed E-state index contributed by atoms with van der Waals surface area (Å²) in [4.78, 5) is 29.3. The number of ether oxygens (including phenoxy) is 2. The van der Waals surface area contributed by atoms with Gasteiger partial charge in [0.15, 0.2) is 11.7 Å². The van der Waals surface area contributed by atoms with E-state index in [9.17, 15) is 9.59 Å². The molecule has 0 radical (unpaired) electrons. The predicted molar refractivity (Wildman–Crippen MR) is 114 cm³/mol. The van der Waals surface area contributed by atoms with E-state index in [1.54, 1.807) is 36.1 Å². The van der Waals surface area contributed by atoms with Gasteiger partial charge in [0, 0.05) is 25.2 Å². The molecule has 0 spiro atoms. The molecule has 7 nitrogen and oxygen atoms in total. The van der Waals surface area contributed by atoms with E-state index in [4.69, 9.17) is 9.47 Å². The second-order valence-corrected chi connectivity index (χ2v) is 7.38. The number of thiazole rings is 1. The van der Waals surface area contributed by atoms with Crippen LogP contribution in [0.3, 0.4) is 0 Å². The van der Waals surface area contributed by atoms with Crippen LogP contribution in [0.1, 0.15) is 0 Å². The number of hydrogen-bond donors (Lipinski definition) is 1. The van der Waals surface area contributed by atoms with Gasteiger partial charge in [-0.15, -0.1) is 0 Å². The van der Waals surface area contributed by atoms with Gasteiger partial charge in [-0.1, -0.05) is 29.5 Å². The lowest BCUT2D eigenvalue weighted by molar-refractivity contribution is -0.118. The molecular formula is C21H19N3O4S. The summed E-state index contributed by atoms with van der Waals surface area (Å²) in [5.74, 6) is 0.174. The second kappa shape index (κ2) is 8.42. The Morgan fingerprint density at radius 2 is 2.00 bits per heavy atom. The highest BCUT2D eigenvalue weighted by Crippen LogP contribution is 2.26. The number of nitrogens with zero attached hydrogens (tertiary/aromatic N) is 2. The molecule has 0 aliphatic rings. The molecule has 8 heteroatoms. The van der Waals surface area contributed by atoms with Gasteiger partial charge in [0.25, 0.3) is 11.5 Å². The Hall–Kier alpha value is -3.23. The van der Waals surface area contributed by atoms with Gasteiger partial charge in [0.2, 0.25) is 0 Å². The quantitative estimate of drug-likeness (QED) is 0.507. The third-order valence-corrected chi connectivity index (χ3v) is 5.37. The second-order valence-electron chi connectivity index (χ2n) is 6.35. The van der Waals surface area contributed by atoms with E-state index < -0.39 is 0 Å². The Kier molecular flexibility index (Phi) is 5.55. The Bertz CT molecular complexity index is 1200. The number of methoxy groups -OCH3 is 1. The summed E-state index contributed by atoms with van der Waals surface area (Å²) in [7, 11) is 1.59. The molecule has 1 amide bonds. The largest absolute Gasteiger partial charge is 0.483 e. The zero-order valence-corrected chi connectivity index (χ0v) is 16.6. The molecule has 2 aromatic carbocycles. The van der Waals surface area contributed by atoms with Crippen LogP contribution in [0.25, 0.3) is 21.0 Å². The Morgan fingerprint density at radius 1 is 1.14 bits per heavy atom. The van der Waals surface area contributed by atoms with Crippen molar-refractivity contribution < 1.29 is 14.3 Å². The molecule has 0 saturated carbocycles. The molecule has 1 N–H and O–H groups in total. The van der Waals surface area contributed by atoms with E-state index >= 15 is 0 Å². The van der Waals surface area contributed by atoms with Gasteiger partial charge in [-0.3, -0.25) is 14.9 Å². The van der Waals surface area contributed by atoms with Gasteiger partial charge in [-0.25, -0.2) is 4.98 Å². The number of fused-ring (bicyclic) bond motifs is 2. The van der Waals surface area contributed by atoms with E-state index in [1.165, 1.54) is 11.3 Å². The van der Waals surface area contributed by atoms with Crippen LogP contribution >= 0.6 is 11.3 Å². The number of hydrogen-bond acceptors (Lipinski definition) is 6. The van der Waals surface area contributed by atoms with Crippen molar-refractivity contribution in [3.05, 3.63) is 65.1 Å². The topological polar surface area (TPSA) is 82.4 Å². The molecule has 0 atom stereocenters. The fraction of sp³-hybridized carbons (Fsp3) is 0.190. The third kappa shape index (κ3) is 4.13. The average Bonchev–Trinajstić information content (AvgIpc) is 3.14. The Labute approximate surface area is 170 Å². The van der Waals surface area contributed by atoms with Crippen LogP contribution < -0.4 is 15.6 Å². The lowest BCUT2D eigenvalue weighted by Gasteiger charge is -2.11. The summed E-state index contributed by atoms with van der Waals surface area (Å²) >= 11 is 1.41. The number of aromatic nitrogens is 2. The van der Waals surface area contributed by atoms with E-state index in [2.05, 4.69) is 10.3 Å².